The maximum absolute atomic E-state index is 12.4. The number of aromatic carboxylic acids is 1. The van der Waals surface area contributed by atoms with Gasteiger partial charge in [0.25, 0.3) is 0 Å². The first-order valence-corrected chi connectivity index (χ1v) is 8.43. The van der Waals surface area contributed by atoms with Crippen molar-refractivity contribution in [3.05, 3.63) is 59.8 Å². The molecule has 128 valence electrons. The van der Waals surface area contributed by atoms with Crippen LogP contribution in [0, 0.1) is 0 Å². The predicted molar refractivity (Wildman–Crippen MR) is 92.5 cm³/mol. The average Bonchev–Trinajstić information content (AvgIpc) is 3.33. The lowest BCUT2D eigenvalue weighted by Gasteiger charge is -2.18. The molecule has 1 saturated carbocycles. The molecule has 1 aliphatic carbocycles. The number of hydrogen-bond acceptors (Lipinski definition) is 4. The first-order chi connectivity index (χ1) is 12.1. The fraction of sp³-hybridized carbons (Fsp3) is 0.316. The van der Waals surface area contributed by atoms with Gasteiger partial charge >= 0.3 is 5.97 Å². The lowest BCUT2D eigenvalue weighted by molar-refractivity contribution is -0.128. The topological polar surface area (TPSA) is 82.5 Å². The normalized spacial score (nSPS) is 25.0. The van der Waals surface area contributed by atoms with Crippen molar-refractivity contribution in [1.29, 1.82) is 0 Å². The molecule has 0 spiro atoms. The van der Waals surface area contributed by atoms with Gasteiger partial charge in [0.1, 0.15) is 5.82 Å². The maximum Gasteiger partial charge on any atom is 0.354 e. The van der Waals surface area contributed by atoms with Gasteiger partial charge in [-0.3, -0.25) is 4.79 Å². The first kappa shape index (κ1) is 15.6. The van der Waals surface area contributed by atoms with Crippen LogP contribution in [0.5, 0.6) is 0 Å². The molecule has 4 rings (SSSR count). The molecule has 0 radical (unpaired) electrons. The highest BCUT2D eigenvalue weighted by molar-refractivity contribution is 5.85. The van der Waals surface area contributed by atoms with Crippen molar-refractivity contribution in [3.63, 3.8) is 0 Å². The van der Waals surface area contributed by atoms with E-state index in [9.17, 15) is 9.59 Å². The molecule has 3 atom stereocenters. The fourth-order valence-electron chi connectivity index (χ4n) is 3.58. The standard InChI is InChI=1S/C19H19N3O3/c23-18-9-13(20-17-8-4-7-15(21-17)19(24)25)11-22(18)16-10-14(16)12-5-2-1-3-6-12/h1-8,13-14,16H,9-11H2,(H,20,21)(H,24,25). The zero-order chi connectivity index (χ0) is 17.4. The highest BCUT2D eigenvalue weighted by Crippen LogP contribution is 2.46. The molecule has 2 aliphatic rings. The Labute approximate surface area is 145 Å². The Bertz CT molecular complexity index is 809. The summed E-state index contributed by atoms with van der Waals surface area (Å²) in [7, 11) is 0. The number of amides is 1. The van der Waals surface area contributed by atoms with Gasteiger partial charge in [-0.1, -0.05) is 36.4 Å². The highest BCUT2D eigenvalue weighted by atomic mass is 16.4. The molecule has 6 nitrogen and oxygen atoms in total. The highest BCUT2D eigenvalue weighted by Gasteiger charge is 2.47. The van der Waals surface area contributed by atoms with Gasteiger partial charge in [0.15, 0.2) is 5.69 Å². The molecule has 2 N–H and O–H groups in total. The van der Waals surface area contributed by atoms with Crippen molar-refractivity contribution in [2.75, 3.05) is 11.9 Å². The fourth-order valence-corrected chi connectivity index (χ4v) is 3.58. The van der Waals surface area contributed by atoms with E-state index in [1.54, 1.807) is 12.1 Å². The van der Waals surface area contributed by atoms with Crippen molar-refractivity contribution < 1.29 is 14.7 Å². The average molecular weight is 337 g/mol. The molecule has 1 saturated heterocycles. The van der Waals surface area contributed by atoms with Gasteiger partial charge in [-0.25, -0.2) is 9.78 Å². The second-order valence-electron chi connectivity index (χ2n) is 6.62. The number of aromatic nitrogens is 1. The molecule has 6 heteroatoms. The molecule has 2 fully saturated rings. The monoisotopic (exact) mass is 337 g/mol. The van der Waals surface area contributed by atoms with Crippen LogP contribution in [0.1, 0.15) is 34.8 Å². The largest absolute Gasteiger partial charge is 0.477 e. The Balaban J connectivity index is 1.40. The van der Waals surface area contributed by atoms with Gasteiger partial charge < -0.3 is 15.3 Å². The summed E-state index contributed by atoms with van der Waals surface area (Å²) in [5.41, 5.74) is 1.28. The number of hydrogen-bond donors (Lipinski definition) is 2. The third-order valence-corrected chi connectivity index (χ3v) is 4.86. The molecule has 2 heterocycles. The molecule has 1 amide bonds. The summed E-state index contributed by atoms with van der Waals surface area (Å²) in [6, 6.07) is 15.4. The van der Waals surface area contributed by atoms with E-state index in [0.29, 0.717) is 24.7 Å². The number of nitrogens with zero attached hydrogens (tertiary/aromatic N) is 2. The van der Waals surface area contributed by atoms with E-state index in [4.69, 9.17) is 5.11 Å². The number of carboxylic acids is 1. The molecular formula is C19H19N3O3. The number of carbonyl (C=O) groups is 2. The SMILES string of the molecule is O=C(O)c1cccc(NC2CC(=O)N(C3CC3c3ccccc3)C2)n1. The quantitative estimate of drug-likeness (QED) is 0.875. The third kappa shape index (κ3) is 3.20. The Hall–Kier alpha value is -2.89. The number of benzene rings is 1. The number of anilines is 1. The van der Waals surface area contributed by atoms with E-state index >= 15 is 0 Å². The van der Waals surface area contributed by atoms with Crippen LogP contribution in [-0.2, 0) is 4.79 Å². The van der Waals surface area contributed by atoms with Gasteiger partial charge in [-0.05, 0) is 24.1 Å². The van der Waals surface area contributed by atoms with Crippen molar-refractivity contribution in [2.45, 2.75) is 30.8 Å². The van der Waals surface area contributed by atoms with E-state index in [1.807, 2.05) is 23.1 Å². The van der Waals surface area contributed by atoms with Gasteiger partial charge in [0.05, 0.1) is 6.04 Å². The summed E-state index contributed by atoms with van der Waals surface area (Å²) in [5, 5.41) is 12.2. The number of nitrogens with one attached hydrogen (secondary N) is 1. The van der Waals surface area contributed by atoms with Crippen LogP contribution in [0.4, 0.5) is 5.82 Å². The van der Waals surface area contributed by atoms with Gasteiger partial charge in [0.2, 0.25) is 5.91 Å². The number of carbonyl (C=O) groups excluding carboxylic acids is 1. The van der Waals surface area contributed by atoms with E-state index in [2.05, 4.69) is 22.4 Å². The summed E-state index contributed by atoms with van der Waals surface area (Å²) in [5.74, 6) is 0.0131. The van der Waals surface area contributed by atoms with E-state index in [-0.39, 0.29) is 23.7 Å². The molecular weight excluding hydrogens is 318 g/mol. The second-order valence-corrected chi connectivity index (χ2v) is 6.62. The van der Waals surface area contributed by atoms with Crippen LogP contribution >= 0.6 is 0 Å². The van der Waals surface area contributed by atoms with Crippen LogP contribution in [0.2, 0.25) is 0 Å². The maximum atomic E-state index is 12.4. The molecule has 3 unspecified atom stereocenters. The van der Waals surface area contributed by atoms with Crippen molar-refractivity contribution in [2.24, 2.45) is 0 Å². The first-order valence-electron chi connectivity index (χ1n) is 8.43. The summed E-state index contributed by atoms with van der Waals surface area (Å²) in [4.78, 5) is 29.4. The van der Waals surface area contributed by atoms with Crippen LogP contribution in [0.15, 0.2) is 48.5 Å². The Morgan fingerprint density at radius 2 is 1.96 bits per heavy atom. The summed E-state index contributed by atoms with van der Waals surface area (Å²) in [6.07, 6.45) is 1.42. The second kappa shape index (κ2) is 6.20. The lowest BCUT2D eigenvalue weighted by Crippen LogP contribution is -2.31. The van der Waals surface area contributed by atoms with Crippen molar-refractivity contribution in [1.82, 2.24) is 9.88 Å². The lowest BCUT2D eigenvalue weighted by atomic mass is 10.1. The number of pyridine rings is 1. The smallest absolute Gasteiger partial charge is 0.354 e. The molecule has 1 aromatic carbocycles. The van der Waals surface area contributed by atoms with E-state index in [0.717, 1.165) is 6.42 Å². The Morgan fingerprint density at radius 1 is 1.16 bits per heavy atom. The molecule has 0 bridgehead atoms. The van der Waals surface area contributed by atoms with Crippen LogP contribution in [-0.4, -0.2) is 45.5 Å². The minimum atomic E-state index is -1.06. The number of likely N-dealkylation sites (tertiary alicyclic amines) is 1. The Kier molecular flexibility index (Phi) is 3.87. The third-order valence-electron chi connectivity index (χ3n) is 4.86. The van der Waals surface area contributed by atoms with Gasteiger partial charge in [-0.15, -0.1) is 0 Å². The van der Waals surface area contributed by atoms with E-state index in [1.165, 1.54) is 11.6 Å². The van der Waals surface area contributed by atoms with Gasteiger partial charge in [0, 0.05) is 24.9 Å². The number of rotatable bonds is 5. The summed E-state index contributed by atoms with van der Waals surface area (Å²) >= 11 is 0. The molecule has 1 aliphatic heterocycles. The van der Waals surface area contributed by atoms with Gasteiger partial charge in [-0.2, -0.15) is 0 Å². The van der Waals surface area contributed by atoms with E-state index < -0.39 is 5.97 Å². The van der Waals surface area contributed by atoms with Crippen molar-refractivity contribution >= 4 is 17.7 Å². The van der Waals surface area contributed by atoms with Crippen LogP contribution < -0.4 is 5.32 Å². The minimum absolute atomic E-state index is 0.00230. The number of carboxylic acid groups (broad SMARTS) is 1. The van der Waals surface area contributed by atoms with Crippen molar-refractivity contribution in [3.8, 4) is 0 Å². The molecule has 1 aromatic heterocycles. The predicted octanol–water partition coefficient (Wildman–Crippen LogP) is 2.35. The summed E-state index contributed by atoms with van der Waals surface area (Å²) < 4.78 is 0. The minimum Gasteiger partial charge on any atom is -0.477 e. The Morgan fingerprint density at radius 3 is 2.72 bits per heavy atom. The van der Waals surface area contributed by atoms with Crippen LogP contribution in [0.25, 0.3) is 0 Å². The molecule has 25 heavy (non-hydrogen) atoms. The zero-order valence-electron chi connectivity index (χ0n) is 13.6. The van der Waals surface area contributed by atoms with Crippen LogP contribution in [0.3, 0.4) is 0 Å². The zero-order valence-corrected chi connectivity index (χ0v) is 13.6. The molecule has 2 aromatic rings. The summed E-state index contributed by atoms with van der Waals surface area (Å²) in [6.45, 7) is 0.631.